The highest BCUT2D eigenvalue weighted by Crippen LogP contribution is 2.38. The van der Waals surface area contributed by atoms with E-state index < -0.39 is 5.79 Å². The Morgan fingerprint density at radius 2 is 2.25 bits per heavy atom. The summed E-state index contributed by atoms with van der Waals surface area (Å²) in [7, 11) is 0. The standard InChI is InChI=1S/C9H13BrO2/c1-9(2)11-7-5-3-4-6(10)8(7)12-9/h4,7-8H,3,5H2,1-2H3/t7-,8+/m0/s1. The van der Waals surface area contributed by atoms with Crippen LogP contribution in [0.1, 0.15) is 26.7 Å². The summed E-state index contributed by atoms with van der Waals surface area (Å²) >= 11 is 3.50. The SMILES string of the molecule is CC1(C)O[C@H]2CCC=C(Br)[C@H]2O1. The minimum absolute atomic E-state index is 0.133. The van der Waals surface area contributed by atoms with E-state index in [1.165, 1.54) is 0 Å². The van der Waals surface area contributed by atoms with E-state index in [4.69, 9.17) is 9.47 Å². The molecule has 2 aliphatic rings. The lowest BCUT2D eigenvalue weighted by Crippen LogP contribution is -2.25. The van der Waals surface area contributed by atoms with E-state index in [1.54, 1.807) is 0 Å². The summed E-state index contributed by atoms with van der Waals surface area (Å²) in [5, 5.41) is 0. The average molecular weight is 233 g/mol. The monoisotopic (exact) mass is 232 g/mol. The smallest absolute Gasteiger partial charge is 0.164 e. The first-order valence-corrected chi connectivity index (χ1v) is 5.09. The van der Waals surface area contributed by atoms with Crippen molar-refractivity contribution in [3.05, 3.63) is 10.6 Å². The number of hydrogen-bond donors (Lipinski definition) is 0. The van der Waals surface area contributed by atoms with Crippen LogP contribution in [0.5, 0.6) is 0 Å². The molecule has 12 heavy (non-hydrogen) atoms. The van der Waals surface area contributed by atoms with Gasteiger partial charge in [0.1, 0.15) is 6.10 Å². The van der Waals surface area contributed by atoms with Gasteiger partial charge in [0.05, 0.1) is 6.10 Å². The molecule has 0 bridgehead atoms. The van der Waals surface area contributed by atoms with Crippen molar-refractivity contribution in [2.75, 3.05) is 0 Å². The van der Waals surface area contributed by atoms with Gasteiger partial charge in [0.25, 0.3) is 0 Å². The zero-order valence-corrected chi connectivity index (χ0v) is 8.93. The zero-order chi connectivity index (χ0) is 8.77. The molecule has 0 aromatic rings. The Bertz CT molecular complexity index is 223. The van der Waals surface area contributed by atoms with E-state index >= 15 is 0 Å². The van der Waals surface area contributed by atoms with Gasteiger partial charge >= 0.3 is 0 Å². The third-order valence-electron chi connectivity index (χ3n) is 2.25. The second kappa shape index (κ2) is 2.82. The van der Waals surface area contributed by atoms with Gasteiger partial charge < -0.3 is 9.47 Å². The molecule has 2 rings (SSSR count). The predicted octanol–water partition coefficient (Wildman–Crippen LogP) is 2.58. The van der Waals surface area contributed by atoms with Gasteiger partial charge in [-0.3, -0.25) is 0 Å². The summed E-state index contributed by atoms with van der Waals surface area (Å²) in [6, 6.07) is 0. The minimum Gasteiger partial charge on any atom is -0.344 e. The Kier molecular flexibility index (Phi) is 2.05. The number of rotatable bonds is 0. The van der Waals surface area contributed by atoms with Crippen LogP contribution in [0.3, 0.4) is 0 Å². The molecular weight excluding hydrogens is 220 g/mol. The second-order valence-electron chi connectivity index (χ2n) is 3.76. The molecule has 0 aromatic heterocycles. The zero-order valence-electron chi connectivity index (χ0n) is 7.34. The fraction of sp³-hybridized carbons (Fsp3) is 0.778. The molecular formula is C9H13BrO2. The summed E-state index contributed by atoms with van der Waals surface area (Å²) in [4.78, 5) is 0. The van der Waals surface area contributed by atoms with Crippen LogP contribution in [-0.4, -0.2) is 18.0 Å². The van der Waals surface area contributed by atoms with Gasteiger partial charge in [-0.1, -0.05) is 22.0 Å². The van der Waals surface area contributed by atoms with E-state index in [0.717, 1.165) is 17.3 Å². The van der Waals surface area contributed by atoms with E-state index in [2.05, 4.69) is 22.0 Å². The van der Waals surface area contributed by atoms with Gasteiger partial charge in [-0.25, -0.2) is 0 Å². The Morgan fingerprint density at radius 3 is 2.92 bits per heavy atom. The van der Waals surface area contributed by atoms with Crippen LogP contribution < -0.4 is 0 Å². The highest BCUT2D eigenvalue weighted by atomic mass is 79.9. The molecule has 0 amide bonds. The molecule has 1 aliphatic carbocycles. The normalized spacial score (nSPS) is 39.1. The van der Waals surface area contributed by atoms with Crippen molar-refractivity contribution in [2.24, 2.45) is 0 Å². The van der Waals surface area contributed by atoms with Crippen LogP contribution in [0.2, 0.25) is 0 Å². The highest BCUT2D eigenvalue weighted by molar-refractivity contribution is 9.11. The summed E-state index contributed by atoms with van der Waals surface area (Å²) in [6.07, 6.45) is 4.71. The molecule has 1 fully saturated rings. The first-order valence-electron chi connectivity index (χ1n) is 4.30. The van der Waals surface area contributed by atoms with Gasteiger partial charge in [0.2, 0.25) is 0 Å². The van der Waals surface area contributed by atoms with Crippen LogP contribution in [0.15, 0.2) is 10.6 Å². The molecule has 0 unspecified atom stereocenters. The quantitative estimate of drug-likeness (QED) is 0.640. The topological polar surface area (TPSA) is 18.5 Å². The molecule has 1 heterocycles. The molecule has 0 spiro atoms. The van der Waals surface area contributed by atoms with Crippen molar-refractivity contribution in [3.63, 3.8) is 0 Å². The van der Waals surface area contributed by atoms with E-state index in [0.29, 0.717) is 0 Å². The molecule has 2 atom stereocenters. The lowest BCUT2D eigenvalue weighted by Gasteiger charge is -2.19. The molecule has 3 heteroatoms. The summed E-state index contributed by atoms with van der Waals surface area (Å²) in [6.45, 7) is 3.93. The van der Waals surface area contributed by atoms with Crippen molar-refractivity contribution < 1.29 is 9.47 Å². The highest BCUT2D eigenvalue weighted by Gasteiger charge is 2.43. The van der Waals surface area contributed by atoms with Gasteiger partial charge in [0.15, 0.2) is 5.79 Å². The maximum absolute atomic E-state index is 5.73. The fourth-order valence-corrected chi connectivity index (χ4v) is 2.40. The number of ether oxygens (including phenoxy) is 2. The molecule has 0 saturated carbocycles. The minimum atomic E-state index is -0.410. The summed E-state index contributed by atoms with van der Waals surface area (Å²) in [5.41, 5.74) is 0. The van der Waals surface area contributed by atoms with Crippen LogP contribution in [0.4, 0.5) is 0 Å². The third kappa shape index (κ3) is 1.45. The Labute approximate surface area is 81.1 Å². The Balaban J connectivity index is 2.18. The molecule has 2 nitrogen and oxygen atoms in total. The Morgan fingerprint density at radius 1 is 1.50 bits per heavy atom. The first-order chi connectivity index (χ1) is 5.58. The number of hydrogen-bond acceptors (Lipinski definition) is 2. The van der Waals surface area contributed by atoms with Gasteiger partial charge in [-0.15, -0.1) is 0 Å². The summed E-state index contributed by atoms with van der Waals surface area (Å²) in [5.74, 6) is -0.410. The van der Waals surface area contributed by atoms with Crippen LogP contribution in [-0.2, 0) is 9.47 Å². The van der Waals surface area contributed by atoms with Crippen molar-refractivity contribution >= 4 is 15.9 Å². The molecule has 0 N–H and O–H groups in total. The maximum Gasteiger partial charge on any atom is 0.164 e. The fourth-order valence-electron chi connectivity index (χ4n) is 1.78. The van der Waals surface area contributed by atoms with Crippen LogP contribution in [0.25, 0.3) is 0 Å². The van der Waals surface area contributed by atoms with Crippen molar-refractivity contribution in [1.82, 2.24) is 0 Å². The maximum atomic E-state index is 5.73. The largest absolute Gasteiger partial charge is 0.344 e. The first kappa shape index (κ1) is 8.73. The molecule has 68 valence electrons. The lowest BCUT2D eigenvalue weighted by atomic mass is 10.0. The molecule has 0 aromatic carbocycles. The van der Waals surface area contributed by atoms with Crippen molar-refractivity contribution in [2.45, 2.75) is 44.7 Å². The molecule has 1 saturated heterocycles. The molecule has 1 aliphatic heterocycles. The average Bonchev–Trinajstić information content (AvgIpc) is 2.25. The second-order valence-corrected chi connectivity index (χ2v) is 4.68. The predicted molar refractivity (Wildman–Crippen MR) is 50.1 cm³/mol. The Hall–Kier alpha value is 0.140. The van der Waals surface area contributed by atoms with E-state index in [1.807, 2.05) is 13.8 Å². The van der Waals surface area contributed by atoms with Crippen molar-refractivity contribution in [1.29, 1.82) is 0 Å². The van der Waals surface area contributed by atoms with Crippen LogP contribution in [0, 0.1) is 0 Å². The van der Waals surface area contributed by atoms with Crippen LogP contribution >= 0.6 is 15.9 Å². The number of halogens is 1. The summed E-state index contributed by atoms with van der Waals surface area (Å²) < 4.78 is 12.6. The van der Waals surface area contributed by atoms with Gasteiger partial charge in [-0.2, -0.15) is 0 Å². The van der Waals surface area contributed by atoms with E-state index in [-0.39, 0.29) is 12.2 Å². The number of allylic oxidation sites excluding steroid dienone is 1. The molecule has 0 radical (unpaired) electrons. The third-order valence-corrected chi connectivity index (χ3v) is 3.02. The van der Waals surface area contributed by atoms with Gasteiger partial charge in [-0.05, 0) is 26.7 Å². The van der Waals surface area contributed by atoms with Crippen molar-refractivity contribution in [3.8, 4) is 0 Å². The van der Waals surface area contributed by atoms with E-state index in [9.17, 15) is 0 Å². The number of fused-ring (bicyclic) bond motifs is 1. The lowest BCUT2D eigenvalue weighted by molar-refractivity contribution is -0.143. The van der Waals surface area contributed by atoms with Gasteiger partial charge in [0, 0.05) is 4.48 Å².